The Morgan fingerprint density at radius 2 is 1.90 bits per heavy atom. The fourth-order valence-corrected chi connectivity index (χ4v) is 3.03. The monoisotopic (exact) mass is 391 g/mol. The minimum absolute atomic E-state index is 0.00306. The van der Waals surface area contributed by atoms with Crippen LogP contribution in [0.4, 0.5) is 4.39 Å². The Morgan fingerprint density at radius 1 is 1.19 bits per heavy atom. The van der Waals surface area contributed by atoms with Crippen molar-refractivity contribution in [3.63, 3.8) is 0 Å². The molecule has 0 bridgehead atoms. The normalized spacial score (nSPS) is 14.0. The molecule has 21 heavy (non-hydrogen) atoms. The highest BCUT2D eigenvalue weighted by Crippen LogP contribution is 2.37. The lowest BCUT2D eigenvalue weighted by atomic mass is 9.89. The van der Waals surface area contributed by atoms with Crippen molar-refractivity contribution in [2.24, 2.45) is 5.73 Å². The minimum Gasteiger partial charge on any atom is -0.388 e. The standard InChI is InChI=1S/C15H13BrCl2FNO/c16-12-5-4-8(17)6-10(12)15(21)11(7-20)9-2-1-3-13(18)14(9)19/h1-6,11,15,21H,7,20H2. The lowest BCUT2D eigenvalue weighted by Crippen LogP contribution is -2.21. The van der Waals surface area contributed by atoms with Gasteiger partial charge in [0.15, 0.2) is 0 Å². The van der Waals surface area contributed by atoms with Crippen molar-refractivity contribution in [2.45, 2.75) is 12.0 Å². The Morgan fingerprint density at radius 3 is 2.57 bits per heavy atom. The van der Waals surface area contributed by atoms with Crippen molar-refractivity contribution < 1.29 is 9.50 Å². The van der Waals surface area contributed by atoms with Gasteiger partial charge in [-0.15, -0.1) is 0 Å². The Labute approximate surface area is 140 Å². The number of rotatable bonds is 4. The Bertz CT molecular complexity index is 654. The zero-order valence-corrected chi connectivity index (χ0v) is 14.0. The molecule has 0 aromatic heterocycles. The summed E-state index contributed by atoms with van der Waals surface area (Å²) in [6, 6.07) is 9.70. The lowest BCUT2D eigenvalue weighted by molar-refractivity contribution is 0.145. The Balaban J connectivity index is 2.45. The first-order chi connectivity index (χ1) is 9.95. The zero-order chi connectivity index (χ0) is 15.6. The van der Waals surface area contributed by atoms with Crippen LogP contribution in [0.3, 0.4) is 0 Å². The smallest absolute Gasteiger partial charge is 0.145 e. The van der Waals surface area contributed by atoms with Gasteiger partial charge in [0.2, 0.25) is 0 Å². The summed E-state index contributed by atoms with van der Waals surface area (Å²) in [5.41, 5.74) is 6.57. The highest BCUT2D eigenvalue weighted by atomic mass is 79.9. The van der Waals surface area contributed by atoms with E-state index in [-0.39, 0.29) is 17.1 Å². The number of nitrogens with two attached hydrogens (primary N) is 1. The lowest BCUT2D eigenvalue weighted by Gasteiger charge is -2.24. The molecule has 2 rings (SSSR count). The summed E-state index contributed by atoms with van der Waals surface area (Å²) < 4.78 is 14.8. The first-order valence-electron chi connectivity index (χ1n) is 6.22. The van der Waals surface area contributed by atoms with Crippen LogP contribution in [0.15, 0.2) is 40.9 Å². The van der Waals surface area contributed by atoms with Gasteiger partial charge in [-0.1, -0.05) is 51.3 Å². The van der Waals surface area contributed by atoms with Crippen LogP contribution < -0.4 is 5.73 Å². The molecule has 0 spiro atoms. The maximum atomic E-state index is 14.2. The summed E-state index contributed by atoms with van der Waals surface area (Å²) in [4.78, 5) is 0. The highest BCUT2D eigenvalue weighted by Gasteiger charge is 2.26. The van der Waals surface area contributed by atoms with E-state index in [1.165, 1.54) is 6.07 Å². The van der Waals surface area contributed by atoms with E-state index in [4.69, 9.17) is 28.9 Å². The largest absolute Gasteiger partial charge is 0.388 e. The van der Waals surface area contributed by atoms with Crippen molar-refractivity contribution in [1.29, 1.82) is 0 Å². The number of hydrogen-bond acceptors (Lipinski definition) is 2. The summed E-state index contributed by atoms with van der Waals surface area (Å²) in [6.45, 7) is 0.0668. The summed E-state index contributed by atoms with van der Waals surface area (Å²) in [5.74, 6) is -1.19. The molecule has 0 amide bonds. The molecule has 6 heteroatoms. The van der Waals surface area contributed by atoms with E-state index >= 15 is 0 Å². The molecule has 2 aromatic rings. The molecule has 0 aliphatic heterocycles. The molecule has 112 valence electrons. The number of hydrogen-bond donors (Lipinski definition) is 2. The molecule has 0 saturated heterocycles. The van der Waals surface area contributed by atoms with Crippen LogP contribution in [0, 0.1) is 5.82 Å². The zero-order valence-electron chi connectivity index (χ0n) is 10.9. The van der Waals surface area contributed by atoms with Crippen LogP contribution in [0.5, 0.6) is 0 Å². The van der Waals surface area contributed by atoms with Crippen molar-refractivity contribution in [1.82, 2.24) is 0 Å². The van der Waals surface area contributed by atoms with Gasteiger partial charge in [-0.2, -0.15) is 0 Å². The number of halogens is 4. The number of benzene rings is 2. The number of aliphatic hydroxyl groups excluding tert-OH is 1. The molecule has 3 N–H and O–H groups in total. The van der Waals surface area contributed by atoms with Crippen molar-refractivity contribution >= 4 is 39.1 Å². The van der Waals surface area contributed by atoms with Crippen LogP contribution in [-0.2, 0) is 0 Å². The minimum atomic E-state index is -1.00. The highest BCUT2D eigenvalue weighted by molar-refractivity contribution is 9.10. The Hall–Kier alpha value is -0.650. The molecule has 2 aromatic carbocycles. The molecule has 0 fully saturated rings. The average Bonchev–Trinajstić information content (AvgIpc) is 2.46. The quantitative estimate of drug-likeness (QED) is 0.793. The summed E-state index contributed by atoms with van der Waals surface area (Å²) in [5, 5.41) is 11.1. The first-order valence-corrected chi connectivity index (χ1v) is 7.77. The van der Waals surface area contributed by atoms with Gasteiger partial charge in [-0.05, 0) is 35.4 Å². The van der Waals surface area contributed by atoms with Gasteiger partial charge in [0, 0.05) is 22.0 Å². The summed E-state index contributed by atoms with van der Waals surface area (Å²) >= 11 is 15.1. The maximum Gasteiger partial charge on any atom is 0.145 e. The molecular formula is C15H13BrCl2FNO. The topological polar surface area (TPSA) is 46.2 Å². The van der Waals surface area contributed by atoms with E-state index in [0.29, 0.717) is 15.1 Å². The third kappa shape index (κ3) is 3.58. The van der Waals surface area contributed by atoms with E-state index in [9.17, 15) is 9.50 Å². The second kappa shape index (κ2) is 7.07. The fourth-order valence-electron chi connectivity index (χ4n) is 2.19. The molecule has 0 radical (unpaired) electrons. The second-order valence-electron chi connectivity index (χ2n) is 4.60. The SMILES string of the molecule is NCC(c1cccc(Cl)c1F)C(O)c1cc(Cl)ccc1Br. The summed E-state index contributed by atoms with van der Waals surface area (Å²) in [6.07, 6.45) is -1.00. The second-order valence-corrected chi connectivity index (χ2v) is 6.29. The van der Waals surface area contributed by atoms with Crippen LogP contribution in [0.25, 0.3) is 0 Å². The molecule has 0 aliphatic rings. The molecule has 0 saturated carbocycles. The van der Waals surface area contributed by atoms with Gasteiger partial charge in [0.25, 0.3) is 0 Å². The maximum absolute atomic E-state index is 14.2. The molecule has 0 heterocycles. The van der Waals surface area contributed by atoms with Gasteiger partial charge in [-0.25, -0.2) is 4.39 Å². The van der Waals surface area contributed by atoms with E-state index in [0.717, 1.165) is 0 Å². The fraction of sp³-hybridized carbons (Fsp3) is 0.200. The van der Waals surface area contributed by atoms with Gasteiger partial charge < -0.3 is 10.8 Å². The third-order valence-corrected chi connectivity index (χ3v) is 4.54. The van der Waals surface area contributed by atoms with Crippen LogP contribution in [0.2, 0.25) is 10.0 Å². The average molecular weight is 393 g/mol. The number of aliphatic hydroxyl groups is 1. The van der Waals surface area contributed by atoms with E-state index < -0.39 is 17.8 Å². The first kappa shape index (κ1) is 16.7. The van der Waals surface area contributed by atoms with Gasteiger partial charge in [0.05, 0.1) is 11.1 Å². The van der Waals surface area contributed by atoms with Crippen LogP contribution >= 0.6 is 39.1 Å². The van der Waals surface area contributed by atoms with Crippen molar-refractivity contribution in [3.05, 3.63) is 67.9 Å². The third-order valence-electron chi connectivity index (χ3n) is 3.29. The molecule has 2 atom stereocenters. The molecular weight excluding hydrogens is 380 g/mol. The van der Waals surface area contributed by atoms with Gasteiger partial charge >= 0.3 is 0 Å². The van der Waals surface area contributed by atoms with Crippen LogP contribution in [-0.4, -0.2) is 11.7 Å². The summed E-state index contributed by atoms with van der Waals surface area (Å²) in [7, 11) is 0. The van der Waals surface area contributed by atoms with Crippen molar-refractivity contribution in [2.75, 3.05) is 6.54 Å². The molecule has 2 nitrogen and oxygen atoms in total. The van der Waals surface area contributed by atoms with Gasteiger partial charge in [0.1, 0.15) is 5.82 Å². The van der Waals surface area contributed by atoms with Gasteiger partial charge in [-0.3, -0.25) is 0 Å². The molecule has 2 unspecified atom stereocenters. The molecule has 0 aliphatic carbocycles. The predicted molar refractivity (Wildman–Crippen MR) is 87.3 cm³/mol. The van der Waals surface area contributed by atoms with E-state index in [1.54, 1.807) is 30.3 Å². The van der Waals surface area contributed by atoms with Crippen molar-refractivity contribution in [3.8, 4) is 0 Å². The predicted octanol–water partition coefficient (Wildman–Crippen LogP) is 4.67. The van der Waals surface area contributed by atoms with E-state index in [2.05, 4.69) is 15.9 Å². The van der Waals surface area contributed by atoms with Crippen LogP contribution in [0.1, 0.15) is 23.1 Å². The Kier molecular flexibility index (Phi) is 5.63. The van der Waals surface area contributed by atoms with E-state index in [1.807, 2.05) is 0 Å².